The van der Waals surface area contributed by atoms with Crippen molar-refractivity contribution in [2.24, 2.45) is 0 Å². The number of thiocarbonyl (C=S) groups is 1. The zero-order valence-electron chi connectivity index (χ0n) is 17.0. The third-order valence-electron chi connectivity index (χ3n) is 4.67. The molecule has 0 aliphatic carbocycles. The molecule has 2 aromatic carbocycles. The number of amides is 2. The van der Waals surface area contributed by atoms with Crippen molar-refractivity contribution in [2.45, 2.75) is 13.3 Å². The van der Waals surface area contributed by atoms with Gasteiger partial charge in [0.1, 0.15) is 10.9 Å². The smallest absolute Gasteiger partial charge is 0.266 e. The van der Waals surface area contributed by atoms with Crippen LogP contribution in [0.15, 0.2) is 59.6 Å². The number of anilines is 1. The standard InChI is InChI=1S/C23H18ClN3O2S3/c1-14-6-8-15(9-7-14)10-19-21(29)27(23(30)32-19)13-20(28)26-22-25-12-17(31-22)11-16-4-2-3-5-18(16)24/h2-10,12H,11,13H2,1H3,(H,25,26,28). The SMILES string of the molecule is Cc1ccc(C=C2SC(=S)N(CC(=O)Nc3ncc(Cc4ccccc4Cl)s3)C2=O)cc1. The van der Waals surface area contributed by atoms with Crippen molar-refractivity contribution in [2.75, 3.05) is 11.9 Å². The lowest BCUT2D eigenvalue weighted by Crippen LogP contribution is -2.36. The number of hydrogen-bond acceptors (Lipinski definition) is 6. The summed E-state index contributed by atoms with van der Waals surface area (Å²) in [6.45, 7) is 1.85. The molecule has 0 unspecified atom stereocenters. The number of thiazole rings is 1. The molecule has 3 aromatic rings. The van der Waals surface area contributed by atoms with E-state index < -0.39 is 0 Å². The van der Waals surface area contributed by atoms with Crippen molar-refractivity contribution in [1.29, 1.82) is 0 Å². The second kappa shape index (κ2) is 9.95. The Morgan fingerprint density at radius 3 is 2.72 bits per heavy atom. The van der Waals surface area contributed by atoms with Crippen LogP contribution in [0.5, 0.6) is 0 Å². The molecule has 162 valence electrons. The number of rotatable bonds is 6. The van der Waals surface area contributed by atoms with Crippen LogP contribution in [0.2, 0.25) is 5.02 Å². The number of carbonyl (C=O) groups is 2. The Bertz CT molecular complexity index is 1220. The Balaban J connectivity index is 1.37. The first-order valence-electron chi connectivity index (χ1n) is 9.69. The molecule has 2 heterocycles. The van der Waals surface area contributed by atoms with Gasteiger partial charge in [0.2, 0.25) is 5.91 Å². The molecule has 5 nitrogen and oxygen atoms in total. The van der Waals surface area contributed by atoms with Crippen LogP contribution < -0.4 is 5.32 Å². The fourth-order valence-corrected chi connectivity index (χ4v) is 5.34. The number of benzene rings is 2. The number of nitrogens with one attached hydrogen (secondary N) is 1. The first-order valence-corrected chi connectivity index (χ1v) is 12.1. The topological polar surface area (TPSA) is 62.3 Å². The number of aryl methyl sites for hydroxylation is 1. The van der Waals surface area contributed by atoms with Crippen LogP contribution >= 0.6 is 46.9 Å². The predicted molar refractivity (Wildman–Crippen MR) is 136 cm³/mol. The summed E-state index contributed by atoms with van der Waals surface area (Å²) >= 11 is 14.1. The predicted octanol–water partition coefficient (Wildman–Crippen LogP) is 5.54. The third kappa shape index (κ3) is 5.45. The van der Waals surface area contributed by atoms with E-state index in [0.717, 1.165) is 21.6 Å². The van der Waals surface area contributed by atoms with Crippen LogP contribution in [0.25, 0.3) is 6.08 Å². The van der Waals surface area contributed by atoms with Crippen LogP contribution in [0.1, 0.15) is 21.6 Å². The van der Waals surface area contributed by atoms with Gasteiger partial charge in [-0.15, -0.1) is 11.3 Å². The van der Waals surface area contributed by atoms with E-state index >= 15 is 0 Å². The van der Waals surface area contributed by atoms with E-state index in [1.54, 1.807) is 12.3 Å². The van der Waals surface area contributed by atoms with Crippen LogP contribution in [0.3, 0.4) is 0 Å². The van der Waals surface area contributed by atoms with Gasteiger partial charge < -0.3 is 5.32 Å². The van der Waals surface area contributed by atoms with Gasteiger partial charge in [0.25, 0.3) is 5.91 Å². The molecule has 2 amide bonds. The van der Waals surface area contributed by atoms with Crippen molar-refractivity contribution in [1.82, 2.24) is 9.88 Å². The molecule has 0 spiro atoms. The maximum absolute atomic E-state index is 12.8. The highest BCUT2D eigenvalue weighted by atomic mass is 35.5. The molecular formula is C23H18ClN3O2S3. The molecule has 0 radical (unpaired) electrons. The molecule has 1 aromatic heterocycles. The first-order chi connectivity index (χ1) is 15.4. The lowest BCUT2D eigenvalue weighted by molar-refractivity contribution is -0.126. The molecule has 1 aliphatic rings. The van der Waals surface area contributed by atoms with E-state index in [0.29, 0.717) is 25.8 Å². The quantitative estimate of drug-likeness (QED) is 0.356. The molecular weight excluding hydrogens is 482 g/mol. The van der Waals surface area contributed by atoms with E-state index in [2.05, 4.69) is 10.3 Å². The maximum Gasteiger partial charge on any atom is 0.266 e. The van der Waals surface area contributed by atoms with Crippen molar-refractivity contribution in [3.63, 3.8) is 0 Å². The van der Waals surface area contributed by atoms with Gasteiger partial charge in [-0.05, 0) is 30.2 Å². The van der Waals surface area contributed by atoms with E-state index in [4.69, 9.17) is 23.8 Å². The molecule has 0 bridgehead atoms. The Hall–Kier alpha value is -2.52. The molecule has 9 heteroatoms. The van der Waals surface area contributed by atoms with Gasteiger partial charge in [-0.1, -0.05) is 83.6 Å². The van der Waals surface area contributed by atoms with Gasteiger partial charge in [-0.25, -0.2) is 4.98 Å². The largest absolute Gasteiger partial charge is 0.300 e. The number of thioether (sulfide) groups is 1. The zero-order chi connectivity index (χ0) is 22.7. The average molecular weight is 500 g/mol. The fraction of sp³-hybridized carbons (Fsp3) is 0.130. The van der Waals surface area contributed by atoms with Crippen LogP contribution in [-0.4, -0.2) is 32.6 Å². The first kappa shape index (κ1) is 22.7. The minimum atomic E-state index is -0.350. The highest BCUT2D eigenvalue weighted by Crippen LogP contribution is 2.32. The number of nitrogens with zero attached hydrogens (tertiary/aromatic N) is 2. The van der Waals surface area contributed by atoms with Crippen molar-refractivity contribution >= 4 is 74.3 Å². The lowest BCUT2D eigenvalue weighted by atomic mass is 10.1. The number of carbonyl (C=O) groups excluding carboxylic acids is 2. The second-order valence-corrected chi connectivity index (χ2v) is 10.3. The summed E-state index contributed by atoms with van der Waals surface area (Å²) < 4.78 is 0.363. The summed E-state index contributed by atoms with van der Waals surface area (Å²) in [5, 5.41) is 3.92. The number of halogens is 1. The molecule has 1 N–H and O–H groups in total. The lowest BCUT2D eigenvalue weighted by Gasteiger charge is -2.13. The Morgan fingerprint density at radius 1 is 1.22 bits per heavy atom. The minimum Gasteiger partial charge on any atom is -0.300 e. The van der Waals surface area contributed by atoms with Crippen LogP contribution in [-0.2, 0) is 16.0 Å². The average Bonchev–Trinajstić information content (AvgIpc) is 3.30. The summed E-state index contributed by atoms with van der Waals surface area (Å²) in [6.07, 6.45) is 4.14. The number of hydrogen-bond donors (Lipinski definition) is 1. The summed E-state index contributed by atoms with van der Waals surface area (Å²) in [5.74, 6) is -0.620. The van der Waals surface area contributed by atoms with Crippen molar-refractivity contribution < 1.29 is 9.59 Å². The highest BCUT2D eigenvalue weighted by molar-refractivity contribution is 8.26. The summed E-state index contributed by atoms with van der Waals surface area (Å²) in [5.41, 5.74) is 3.05. The molecule has 1 fully saturated rings. The summed E-state index contributed by atoms with van der Waals surface area (Å²) in [6, 6.07) is 15.5. The minimum absolute atomic E-state index is 0.157. The van der Waals surface area contributed by atoms with Crippen molar-refractivity contribution in [3.05, 3.63) is 86.2 Å². The van der Waals surface area contributed by atoms with E-state index in [-0.39, 0.29) is 18.4 Å². The molecule has 4 rings (SSSR count). The molecule has 1 saturated heterocycles. The third-order valence-corrected chi connectivity index (χ3v) is 7.33. The zero-order valence-corrected chi connectivity index (χ0v) is 20.2. The van der Waals surface area contributed by atoms with Gasteiger partial charge in [0.05, 0.1) is 4.91 Å². The normalized spacial score (nSPS) is 14.9. The molecule has 0 atom stereocenters. The Kier molecular flexibility index (Phi) is 7.05. The van der Waals surface area contributed by atoms with E-state index in [9.17, 15) is 9.59 Å². The maximum atomic E-state index is 12.8. The molecule has 0 saturated carbocycles. The molecule has 1 aliphatic heterocycles. The highest BCUT2D eigenvalue weighted by Gasteiger charge is 2.33. The Labute approximate surface area is 204 Å². The summed E-state index contributed by atoms with van der Waals surface area (Å²) in [7, 11) is 0. The van der Waals surface area contributed by atoms with Gasteiger partial charge in [-0.3, -0.25) is 14.5 Å². The van der Waals surface area contributed by atoms with Crippen LogP contribution in [0, 0.1) is 6.92 Å². The van der Waals surface area contributed by atoms with Gasteiger partial charge in [-0.2, -0.15) is 0 Å². The van der Waals surface area contributed by atoms with Crippen molar-refractivity contribution in [3.8, 4) is 0 Å². The van der Waals surface area contributed by atoms with Gasteiger partial charge >= 0.3 is 0 Å². The summed E-state index contributed by atoms with van der Waals surface area (Å²) in [4.78, 5) is 32.3. The van der Waals surface area contributed by atoms with E-state index in [1.165, 1.54) is 28.0 Å². The van der Waals surface area contributed by atoms with Crippen LogP contribution in [0.4, 0.5) is 5.13 Å². The number of aromatic nitrogens is 1. The van der Waals surface area contributed by atoms with E-state index in [1.807, 2.05) is 55.5 Å². The molecule has 32 heavy (non-hydrogen) atoms. The second-order valence-electron chi connectivity index (χ2n) is 7.13. The van der Waals surface area contributed by atoms with Gasteiger partial charge in [0.15, 0.2) is 5.13 Å². The fourth-order valence-electron chi connectivity index (χ4n) is 3.03. The van der Waals surface area contributed by atoms with Gasteiger partial charge in [0, 0.05) is 22.5 Å². The monoisotopic (exact) mass is 499 g/mol. The Morgan fingerprint density at radius 2 is 1.97 bits per heavy atom.